The molecule has 0 aliphatic heterocycles. The molecule has 5 heteroatoms. The number of aryl methyl sites for hydroxylation is 1. The SMILES string of the molecule is Cc1ncoc1C(=O)NC1CCC(O)CC1. The first-order chi connectivity index (χ1) is 7.66. The van der Waals surface area contributed by atoms with Crippen molar-refractivity contribution >= 4 is 5.91 Å². The number of aliphatic hydroxyl groups excluding tert-OH is 1. The minimum atomic E-state index is -0.212. The molecule has 2 N–H and O–H groups in total. The summed E-state index contributed by atoms with van der Waals surface area (Å²) >= 11 is 0. The van der Waals surface area contributed by atoms with Gasteiger partial charge in [-0.2, -0.15) is 0 Å². The highest BCUT2D eigenvalue weighted by molar-refractivity contribution is 5.92. The molecule has 0 bridgehead atoms. The highest BCUT2D eigenvalue weighted by Gasteiger charge is 2.23. The highest BCUT2D eigenvalue weighted by Crippen LogP contribution is 2.18. The fraction of sp³-hybridized carbons (Fsp3) is 0.636. The molecule has 0 atom stereocenters. The van der Waals surface area contributed by atoms with Gasteiger partial charge in [-0.05, 0) is 32.6 Å². The van der Waals surface area contributed by atoms with Crippen LogP contribution >= 0.6 is 0 Å². The molecule has 0 spiro atoms. The Balaban J connectivity index is 1.91. The summed E-state index contributed by atoms with van der Waals surface area (Å²) in [4.78, 5) is 15.6. The van der Waals surface area contributed by atoms with Crippen LogP contribution in [0.2, 0.25) is 0 Å². The van der Waals surface area contributed by atoms with Crippen LogP contribution in [0.4, 0.5) is 0 Å². The topological polar surface area (TPSA) is 75.4 Å². The van der Waals surface area contributed by atoms with E-state index in [9.17, 15) is 9.90 Å². The molecule has 1 fully saturated rings. The van der Waals surface area contributed by atoms with E-state index in [1.807, 2.05) is 0 Å². The molecule has 0 aromatic carbocycles. The van der Waals surface area contributed by atoms with Crippen molar-refractivity contribution in [2.24, 2.45) is 0 Å². The number of rotatable bonds is 2. The molecule has 1 saturated carbocycles. The number of carbonyl (C=O) groups excluding carboxylic acids is 1. The standard InChI is InChI=1S/C11H16N2O3/c1-7-10(16-6-12-7)11(15)13-8-2-4-9(14)5-3-8/h6,8-9,14H,2-5H2,1H3,(H,13,15). The minimum absolute atomic E-state index is 0.139. The van der Waals surface area contributed by atoms with Crippen LogP contribution < -0.4 is 5.32 Å². The zero-order valence-corrected chi connectivity index (χ0v) is 9.27. The highest BCUT2D eigenvalue weighted by atomic mass is 16.3. The van der Waals surface area contributed by atoms with E-state index in [4.69, 9.17) is 4.42 Å². The van der Waals surface area contributed by atoms with Gasteiger partial charge in [0.25, 0.3) is 5.91 Å². The second-order valence-electron chi connectivity index (χ2n) is 4.25. The van der Waals surface area contributed by atoms with Crippen LogP contribution in [-0.2, 0) is 0 Å². The summed E-state index contributed by atoms with van der Waals surface area (Å²) in [5, 5.41) is 12.2. The summed E-state index contributed by atoms with van der Waals surface area (Å²) in [7, 11) is 0. The Morgan fingerprint density at radius 2 is 2.19 bits per heavy atom. The number of hydrogen-bond acceptors (Lipinski definition) is 4. The Morgan fingerprint density at radius 3 is 2.75 bits per heavy atom. The molecule has 88 valence electrons. The van der Waals surface area contributed by atoms with Gasteiger partial charge in [-0.3, -0.25) is 4.79 Å². The van der Waals surface area contributed by atoms with Crippen LogP contribution in [0.15, 0.2) is 10.8 Å². The van der Waals surface area contributed by atoms with Crippen molar-refractivity contribution in [2.75, 3.05) is 0 Å². The van der Waals surface area contributed by atoms with Gasteiger partial charge in [0, 0.05) is 6.04 Å². The lowest BCUT2D eigenvalue weighted by Crippen LogP contribution is -2.38. The zero-order chi connectivity index (χ0) is 11.5. The average Bonchev–Trinajstić information content (AvgIpc) is 2.68. The quantitative estimate of drug-likeness (QED) is 0.786. The molecule has 1 aliphatic rings. The maximum Gasteiger partial charge on any atom is 0.289 e. The fourth-order valence-corrected chi connectivity index (χ4v) is 1.99. The molecular weight excluding hydrogens is 208 g/mol. The van der Waals surface area contributed by atoms with E-state index >= 15 is 0 Å². The third-order valence-electron chi connectivity index (χ3n) is 2.98. The number of carbonyl (C=O) groups is 1. The van der Waals surface area contributed by atoms with Crippen molar-refractivity contribution in [3.63, 3.8) is 0 Å². The first-order valence-corrected chi connectivity index (χ1v) is 5.56. The largest absolute Gasteiger partial charge is 0.438 e. The van der Waals surface area contributed by atoms with E-state index in [2.05, 4.69) is 10.3 Å². The smallest absolute Gasteiger partial charge is 0.289 e. The van der Waals surface area contributed by atoms with Gasteiger partial charge in [-0.15, -0.1) is 0 Å². The van der Waals surface area contributed by atoms with Crippen molar-refractivity contribution in [3.05, 3.63) is 17.8 Å². The number of nitrogens with zero attached hydrogens (tertiary/aromatic N) is 1. The van der Waals surface area contributed by atoms with E-state index in [1.54, 1.807) is 6.92 Å². The van der Waals surface area contributed by atoms with Gasteiger partial charge >= 0.3 is 0 Å². The summed E-state index contributed by atoms with van der Waals surface area (Å²) in [6.45, 7) is 1.74. The fourth-order valence-electron chi connectivity index (χ4n) is 1.99. The Hall–Kier alpha value is -1.36. The number of aliphatic hydroxyl groups is 1. The summed E-state index contributed by atoms with van der Waals surface area (Å²) in [6.07, 6.45) is 4.20. The molecule has 5 nitrogen and oxygen atoms in total. The van der Waals surface area contributed by atoms with Crippen LogP contribution in [0, 0.1) is 6.92 Å². The average molecular weight is 224 g/mol. The van der Waals surface area contributed by atoms with Crippen LogP contribution in [0.25, 0.3) is 0 Å². The van der Waals surface area contributed by atoms with Gasteiger partial charge in [-0.1, -0.05) is 0 Å². The summed E-state index contributed by atoms with van der Waals surface area (Å²) in [5.74, 6) is 0.0718. The first kappa shape index (κ1) is 11.1. The van der Waals surface area contributed by atoms with Gasteiger partial charge in [0.05, 0.1) is 11.8 Å². The van der Waals surface area contributed by atoms with E-state index in [1.165, 1.54) is 6.39 Å². The van der Waals surface area contributed by atoms with Gasteiger partial charge < -0.3 is 14.8 Å². The Bertz CT molecular complexity index is 367. The number of oxazole rings is 1. The van der Waals surface area contributed by atoms with E-state index in [0.717, 1.165) is 25.7 Å². The van der Waals surface area contributed by atoms with Crippen LogP contribution in [0.3, 0.4) is 0 Å². The Labute approximate surface area is 93.9 Å². The number of hydrogen-bond donors (Lipinski definition) is 2. The summed E-state index contributed by atoms with van der Waals surface area (Å²) in [5.41, 5.74) is 0.605. The molecule has 1 heterocycles. The first-order valence-electron chi connectivity index (χ1n) is 5.56. The monoisotopic (exact) mass is 224 g/mol. The molecule has 0 saturated heterocycles. The number of aromatic nitrogens is 1. The molecule has 2 rings (SSSR count). The lowest BCUT2D eigenvalue weighted by Gasteiger charge is -2.25. The molecule has 1 amide bonds. The lowest BCUT2D eigenvalue weighted by molar-refractivity contribution is 0.0842. The van der Waals surface area contributed by atoms with Crippen LogP contribution in [0.5, 0.6) is 0 Å². The van der Waals surface area contributed by atoms with Crippen molar-refractivity contribution in [1.82, 2.24) is 10.3 Å². The molecule has 1 aromatic rings. The molecular formula is C11H16N2O3. The van der Waals surface area contributed by atoms with Crippen LogP contribution in [0.1, 0.15) is 41.9 Å². The number of amides is 1. The third-order valence-corrected chi connectivity index (χ3v) is 2.98. The second kappa shape index (κ2) is 4.65. The third kappa shape index (κ3) is 2.41. The lowest BCUT2D eigenvalue weighted by atomic mass is 9.93. The predicted molar refractivity (Wildman–Crippen MR) is 57.0 cm³/mol. The van der Waals surface area contributed by atoms with E-state index in [-0.39, 0.29) is 23.8 Å². The molecule has 1 aliphatic carbocycles. The van der Waals surface area contributed by atoms with Gasteiger partial charge in [0.1, 0.15) is 0 Å². The van der Waals surface area contributed by atoms with E-state index in [0.29, 0.717) is 5.69 Å². The van der Waals surface area contributed by atoms with Gasteiger partial charge in [-0.25, -0.2) is 4.98 Å². The van der Waals surface area contributed by atoms with Crippen molar-refractivity contribution in [2.45, 2.75) is 44.8 Å². The summed E-state index contributed by atoms with van der Waals surface area (Å²) in [6, 6.07) is 0.139. The second-order valence-corrected chi connectivity index (χ2v) is 4.25. The Kier molecular flexibility index (Phi) is 3.24. The van der Waals surface area contributed by atoms with Crippen molar-refractivity contribution in [1.29, 1.82) is 0 Å². The van der Waals surface area contributed by atoms with Crippen molar-refractivity contribution in [3.8, 4) is 0 Å². The number of nitrogens with one attached hydrogen (secondary N) is 1. The van der Waals surface area contributed by atoms with Crippen molar-refractivity contribution < 1.29 is 14.3 Å². The zero-order valence-electron chi connectivity index (χ0n) is 9.27. The molecule has 0 unspecified atom stereocenters. The maximum absolute atomic E-state index is 11.8. The molecule has 1 aromatic heterocycles. The molecule has 0 radical (unpaired) electrons. The van der Waals surface area contributed by atoms with Crippen LogP contribution in [-0.4, -0.2) is 28.1 Å². The normalized spacial score (nSPS) is 25.4. The predicted octanol–water partition coefficient (Wildman–Crippen LogP) is 1.02. The summed E-state index contributed by atoms with van der Waals surface area (Å²) < 4.78 is 5.02. The Morgan fingerprint density at radius 1 is 1.50 bits per heavy atom. The van der Waals surface area contributed by atoms with E-state index < -0.39 is 0 Å². The van der Waals surface area contributed by atoms with Gasteiger partial charge in [0.2, 0.25) is 5.76 Å². The maximum atomic E-state index is 11.8. The van der Waals surface area contributed by atoms with Gasteiger partial charge in [0.15, 0.2) is 6.39 Å². The minimum Gasteiger partial charge on any atom is -0.438 e. The molecule has 16 heavy (non-hydrogen) atoms.